The van der Waals surface area contributed by atoms with Gasteiger partial charge in [0.15, 0.2) is 0 Å². The van der Waals surface area contributed by atoms with Gasteiger partial charge in [0.2, 0.25) is 10.0 Å². The van der Waals surface area contributed by atoms with Crippen LogP contribution in [0, 0.1) is 0 Å². The predicted molar refractivity (Wildman–Crippen MR) is 71.6 cm³/mol. The van der Waals surface area contributed by atoms with E-state index in [1.807, 2.05) is 20.8 Å². The van der Waals surface area contributed by atoms with E-state index in [4.69, 9.17) is 0 Å². The Morgan fingerprint density at radius 2 is 1.76 bits per heavy atom. The van der Waals surface area contributed by atoms with Crippen LogP contribution in [0.2, 0.25) is 0 Å². The Bertz CT molecular complexity index is 319. The molecular weight excluding hydrogens is 236 g/mol. The molecule has 17 heavy (non-hydrogen) atoms. The zero-order valence-corrected chi connectivity index (χ0v) is 12.1. The Morgan fingerprint density at radius 3 is 2.29 bits per heavy atom. The number of hydrogen-bond acceptors (Lipinski definition) is 3. The van der Waals surface area contributed by atoms with Gasteiger partial charge in [0.25, 0.3) is 0 Å². The summed E-state index contributed by atoms with van der Waals surface area (Å²) in [5.41, 5.74) is -0.213. The van der Waals surface area contributed by atoms with E-state index < -0.39 is 10.0 Å². The molecule has 0 aromatic carbocycles. The van der Waals surface area contributed by atoms with E-state index in [0.717, 1.165) is 25.7 Å². The number of sulfonamides is 1. The Balaban J connectivity index is 2.42. The lowest BCUT2D eigenvalue weighted by molar-refractivity contribution is 0.294. The molecule has 0 aliphatic heterocycles. The maximum Gasteiger partial charge on any atom is 0.213 e. The molecule has 1 saturated carbocycles. The van der Waals surface area contributed by atoms with Gasteiger partial charge >= 0.3 is 0 Å². The maximum atomic E-state index is 11.9. The van der Waals surface area contributed by atoms with Crippen molar-refractivity contribution in [3.05, 3.63) is 0 Å². The third-order valence-electron chi connectivity index (χ3n) is 3.28. The van der Waals surface area contributed by atoms with E-state index in [1.54, 1.807) is 0 Å². The van der Waals surface area contributed by atoms with Gasteiger partial charge in [-0.1, -0.05) is 33.1 Å². The zero-order chi connectivity index (χ0) is 12.9. The van der Waals surface area contributed by atoms with Crippen molar-refractivity contribution in [2.45, 2.75) is 64.5 Å². The second-order valence-corrected chi connectivity index (χ2v) is 7.49. The summed E-state index contributed by atoms with van der Waals surface area (Å²) in [5, 5.41) is 3.13. The van der Waals surface area contributed by atoms with Crippen molar-refractivity contribution in [2.75, 3.05) is 12.3 Å². The first-order valence-electron chi connectivity index (χ1n) is 6.58. The molecule has 1 fully saturated rings. The first kappa shape index (κ1) is 14.9. The SMILES string of the molecule is CC(C)NCCS(=O)(=O)NC1(C)CCCCC1. The fourth-order valence-corrected chi connectivity index (χ4v) is 3.79. The molecule has 0 aromatic rings. The van der Waals surface area contributed by atoms with E-state index in [9.17, 15) is 8.42 Å². The first-order chi connectivity index (χ1) is 7.83. The highest BCUT2D eigenvalue weighted by atomic mass is 32.2. The summed E-state index contributed by atoms with van der Waals surface area (Å²) in [6.45, 7) is 6.58. The van der Waals surface area contributed by atoms with Crippen molar-refractivity contribution >= 4 is 10.0 Å². The van der Waals surface area contributed by atoms with Crippen LogP contribution in [0.15, 0.2) is 0 Å². The van der Waals surface area contributed by atoms with E-state index in [0.29, 0.717) is 12.6 Å². The molecule has 0 radical (unpaired) electrons. The molecular formula is C12H26N2O2S. The summed E-state index contributed by atoms with van der Waals surface area (Å²) in [6, 6.07) is 0.329. The molecule has 1 aliphatic rings. The van der Waals surface area contributed by atoms with Gasteiger partial charge in [-0.3, -0.25) is 0 Å². The molecule has 0 amide bonds. The third kappa shape index (κ3) is 5.84. The molecule has 4 nitrogen and oxygen atoms in total. The van der Waals surface area contributed by atoms with Crippen LogP contribution in [0.25, 0.3) is 0 Å². The standard InChI is InChI=1S/C12H26N2O2S/c1-11(2)13-9-10-17(15,16)14-12(3)7-5-4-6-8-12/h11,13-14H,4-10H2,1-3H3. The third-order valence-corrected chi connectivity index (χ3v) is 4.83. The average molecular weight is 262 g/mol. The monoisotopic (exact) mass is 262 g/mol. The van der Waals surface area contributed by atoms with Crippen molar-refractivity contribution in [1.29, 1.82) is 0 Å². The van der Waals surface area contributed by atoms with Gasteiger partial charge in [0.05, 0.1) is 5.75 Å². The van der Waals surface area contributed by atoms with E-state index >= 15 is 0 Å². The summed E-state index contributed by atoms with van der Waals surface area (Å²) in [5.74, 6) is 0.167. The Kier molecular flexibility index (Phi) is 5.41. The van der Waals surface area contributed by atoms with Gasteiger partial charge in [0, 0.05) is 18.1 Å². The minimum atomic E-state index is -3.15. The van der Waals surface area contributed by atoms with Crippen LogP contribution < -0.4 is 10.0 Å². The molecule has 0 saturated heterocycles. The molecule has 1 rings (SSSR count). The lowest BCUT2D eigenvalue weighted by Gasteiger charge is -2.34. The summed E-state index contributed by atoms with van der Waals surface area (Å²) in [7, 11) is -3.15. The average Bonchev–Trinajstić information content (AvgIpc) is 2.15. The van der Waals surface area contributed by atoms with Gasteiger partial charge in [-0.2, -0.15) is 0 Å². The number of hydrogen-bond donors (Lipinski definition) is 2. The van der Waals surface area contributed by atoms with Crippen LogP contribution in [0.3, 0.4) is 0 Å². The molecule has 0 heterocycles. The van der Waals surface area contributed by atoms with Gasteiger partial charge in [-0.15, -0.1) is 0 Å². The number of nitrogens with one attached hydrogen (secondary N) is 2. The minimum absolute atomic E-state index is 0.167. The summed E-state index contributed by atoms with van der Waals surface area (Å²) >= 11 is 0. The molecule has 1 aliphatic carbocycles. The van der Waals surface area contributed by atoms with Crippen LogP contribution >= 0.6 is 0 Å². The highest BCUT2D eigenvalue weighted by molar-refractivity contribution is 7.89. The number of rotatable bonds is 6. The van der Waals surface area contributed by atoms with Crippen LogP contribution in [0.4, 0.5) is 0 Å². The summed E-state index contributed by atoms with van der Waals surface area (Å²) in [4.78, 5) is 0. The topological polar surface area (TPSA) is 58.2 Å². The zero-order valence-electron chi connectivity index (χ0n) is 11.3. The molecule has 0 unspecified atom stereocenters. The Labute approximate surface area is 106 Å². The van der Waals surface area contributed by atoms with Gasteiger partial charge in [-0.25, -0.2) is 13.1 Å². The summed E-state index contributed by atoms with van der Waals surface area (Å²) in [6.07, 6.45) is 5.41. The van der Waals surface area contributed by atoms with E-state index in [-0.39, 0.29) is 11.3 Å². The van der Waals surface area contributed by atoms with Crippen molar-refractivity contribution < 1.29 is 8.42 Å². The Hall–Kier alpha value is -0.130. The summed E-state index contributed by atoms with van der Waals surface area (Å²) < 4.78 is 26.7. The van der Waals surface area contributed by atoms with Crippen LogP contribution in [-0.2, 0) is 10.0 Å². The van der Waals surface area contributed by atoms with E-state index in [2.05, 4.69) is 10.0 Å². The van der Waals surface area contributed by atoms with Crippen molar-refractivity contribution in [1.82, 2.24) is 10.0 Å². The molecule has 0 spiro atoms. The van der Waals surface area contributed by atoms with Gasteiger partial charge in [0.1, 0.15) is 0 Å². The molecule has 0 bridgehead atoms. The highest BCUT2D eigenvalue weighted by Crippen LogP contribution is 2.28. The van der Waals surface area contributed by atoms with Crippen molar-refractivity contribution in [3.63, 3.8) is 0 Å². The second-order valence-electron chi connectivity index (χ2n) is 5.65. The Morgan fingerprint density at radius 1 is 1.18 bits per heavy atom. The molecule has 102 valence electrons. The predicted octanol–water partition coefficient (Wildman–Crippen LogP) is 1.63. The lowest BCUT2D eigenvalue weighted by atomic mass is 9.84. The highest BCUT2D eigenvalue weighted by Gasteiger charge is 2.30. The normalized spacial score (nSPS) is 20.7. The van der Waals surface area contributed by atoms with Crippen LogP contribution in [0.5, 0.6) is 0 Å². The first-order valence-corrected chi connectivity index (χ1v) is 8.23. The molecule has 0 aromatic heterocycles. The fraction of sp³-hybridized carbons (Fsp3) is 1.00. The maximum absolute atomic E-state index is 11.9. The van der Waals surface area contributed by atoms with Gasteiger partial charge < -0.3 is 5.32 Å². The smallest absolute Gasteiger partial charge is 0.213 e. The quantitative estimate of drug-likeness (QED) is 0.765. The van der Waals surface area contributed by atoms with Gasteiger partial charge in [-0.05, 0) is 19.8 Å². The van der Waals surface area contributed by atoms with E-state index in [1.165, 1.54) is 6.42 Å². The van der Waals surface area contributed by atoms with Crippen molar-refractivity contribution in [3.8, 4) is 0 Å². The lowest BCUT2D eigenvalue weighted by Crippen LogP contribution is -2.49. The molecule has 0 atom stereocenters. The van der Waals surface area contributed by atoms with Crippen molar-refractivity contribution in [2.24, 2.45) is 0 Å². The largest absolute Gasteiger partial charge is 0.313 e. The fourth-order valence-electron chi connectivity index (χ4n) is 2.34. The van der Waals surface area contributed by atoms with Crippen LogP contribution in [0.1, 0.15) is 52.9 Å². The second kappa shape index (κ2) is 6.16. The molecule has 2 N–H and O–H groups in total. The van der Waals surface area contributed by atoms with Crippen LogP contribution in [-0.4, -0.2) is 32.3 Å². The molecule has 5 heteroatoms. The minimum Gasteiger partial charge on any atom is -0.313 e.